The number of aryl methyl sites for hydroxylation is 2. The lowest BCUT2D eigenvalue weighted by atomic mass is 9.96. The number of hydrogen-bond acceptors (Lipinski definition) is 2. The van der Waals surface area contributed by atoms with Crippen LogP contribution in [-0.2, 0) is 12.8 Å². The van der Waals surface area contributed by atoms with E-state index in [-0.39, 0.29) is 5.75 Å². The van der Waals surface area contributed by atoms with Gasteiger partial charge in [-0.2, -0.15) is 4.73 Å². The number of benzene rings is 1. The van der Waals surface area contributed by atoms with Crippen LogP contribution in [0.2, 0.25) is 0 Å². The molecule has 0 aliphatic heterocycles. The van der Waals surface area contributed by atoms with Gasteiger partial charge in [-0.1, -0.05) is 32.8 Å². The molecule has 0 spiro atoms. The standard InChI is InChI=1S/C17H23NO2/c1-3-5-8-13-12-14(9-6-4-2)17(19)16-15(13)10-7-11-18(16)20/h7,10-12,19H,3-6,8-9H2,1-2H3. The third-order valence-electron chi connectivity index (χ3n) is 3.78. The predicted octanol–water partition coefficient (Wildman–Crippen LogP) is 3.86. The zero-order valence-electron chi connectivity index (χ0n) is 12.4. The van der Waals surface area contributed by atoms with E-state index in [1.807, 2.05) is 6.07 Å². The minimum Gasteiger partial charge on any atom is -0.618 e. The Morgan fingerprint density at radius 3 is 2.40 bits per heavy atom. The van der Waals surface area contributed by atoms with E-state index in [1.165, 1.54) is 11.8 Å². The summed E-state index contributed by atoms with van der Waals surface area (Å²) in [6.07, 6.45) is 7.56. The fourth-order valence-electron chi connectivity index (χ4n) is 2.62. The van der Waals surface area contributed by atoms with E-state index in [4.69, 9.17) is 0 Å². The maximum Gasteiger partial charge on any atom is 0.266 e. The molecule has 3 nitrogen and oxygen atoms in total. The van der Waals surface area contributed by atoms with E-state index >= 15 is 0 Å². The van der Waals surface area contributed by atoms with Crippen molar-refractivity contribution in [3.05, 3.63) is 40.7 Å². The molecule has 0 saturated carbocycles. The Balaban J connectivity index is 2.57. The van der Waals surface area contributed by atoms with Crippen LogP contribution in [0, 0.1) is 5.21 Å². The highest BCUT2D eigenvalue weighted by molar-refractivity contribution is 5.86. The molecule has 108 valence electrons. The second-order valence-electron chi connectivity index (χ2n) is 5.35. The molecule has 2 aromatic rings. The van der Waals surface area contributed by atoms with Crippen LogP contribution in [0.25, 0.3) is 10.9 Å². The van der Waals surface area contributed by atoms with Gasteiger partial charge in [0.15, 0.2) is 11.9 Å². The quantitative estimate of drug-likeness (QED) is 0.641. The van der Waals surface area contributed by atoms with Crippen LogP contribution in [0.5, 0.6) is 5.75 Å². The fraction of sp³-hybridized carbons (Fsp3) is 0.471. The van der Waals surface area contributed by atoms with Gasteiger partial charge in [-0.25, -0.2) is 0 Å². The molecule has 1 N–H and O–H groups in total. The average Bonchev–Trinajstić information content (AvgIpc) is 2.45. The molecule has 0 aliphatic rings. The number of phenolic OH excluding ortho intramolecular Hbond substituents is 1. The van der Waals surface area contributed by atoms with Gasteiger partial charge in [-0.05, 0) is 37.3 Å². The van der Waals surface area contributed by atoms with Crippen LogP contribution in [0.1, 0.15) is 50.7 Å². The molecule has 0 radical (unpaired) electrons. The number of pyridine rings is 1. The molecule has 0 saturated heterocycles. The number of hydrogen-bond donors (Lipinski definition) is 1. The van der Waals surface area contributed by atoms with Crippen LogP contribution in [-0.4, -0.2) is 5.11 Å². The third kappa shape index (κ3) is 2.87. The van der Waals surface area contributed by atoms with Crippen LogP contribution in [0.4, 0.5) is 0 Å². The maximum absolute atomic E-state index is 12.0. The Bertz CT molecular complexity index is 593. The van der Waals surface area contributed by atoms with E-state index in [0.717, 1.165) is 54.2 Å². The molecule has 1 heterocycles. The molecule has 3 heteroatoms. The molecule has 0 aliphatic carbocycles. The minimum atomic E-state index is 0.157. The lowest BCUT2D eigenvalue weighted by Gasteiger charge is -2.12. The van der Waals surface area contributed by atoms with Gasteiger partial charge in [0.05, 0.1) is 5.39 Å². The fourth-order valence-corrected chi connectivity index (χ4v) is 2.62. The van der Waals surface area contributed by atoms with Gasteiger partial charge in [-0.3, -0.25) is 0 Å². The van der Waals surface area contributed by atoms with Crippen LogP contribution in [0.15, 0.2) is 24.4 Å². The van der Waals surface area contributed by atoms with Crippen molar-refractivity contribution in [3.63, 3.8) is 0 Å². The Labute approximate surface area is 120 Å². The lowest BCUT2D eigenvalue weighted by molar-refractivity contribution is -0.577. The van der Waals surface area contributed by atoms with Gasteiger partial charge < -0.3 is 10.3 Å². The van der Waals surface area contributed by atoms with Gasteiger partial charge in [0, 0.05) is 11.6 Å². The third-order valence-corrected chi connectivity index (χ3v) is 3.78. The summed E-state index contributed by atoms with van der Waals surface area (Å²) in [5.74, 6) is 0.157. The summed E-state index contributed by atoms with van der Waals surface area (Å²) in [7, 11) is 0. The molecule has 2 rings (SSSR count). The van der Waals surface area contributed by atoms with E-state index in [9.17, 15) is 10.3 Å². The zero-order chi connectivity index (χ0) is 14.5. The van der Waals surface area contributed by atoms with Crippen molar-refractivity contribution in [3.8, 4) is 5.75 Å². The lowest BCUT2D eigenvalue weighted by Crippen LogP contribution is -2.26. The largest absolute Gasteiger partial charge is 0.618 e. The number of aromatic nitrogens is 1. The van der Waals surface area contributed by atoms with E-state index in [0.29, 0.717) is 5.52 Å². The van der Waals surface area contributed by atoms with Crippen molar-refractivity contribution in [2.24, 2.45) is 0 Å². The summed E-state index contributed by atoms with van der Waals surface area (Å²) in [5, 5.41) is 23.3. The Morgan fingerprint density at radius 1 is 1.10 bits per heavy atom. The molecule has 20 heavy (non-hydrogen) atoms. The normalized spacial score (nSPS) is 11.1. The first kappa shape index (κ1) is 14.6. The molecule has 0 bridgehead atoms. The van der Waals surface area contributed by atoms with Crippen molar-refractivity contribution in [1.29, 1.82) is 0 Å². The van der Waals surface area contributed by atoms with Gasteiger partial charge in [0.25, 0.3) is 5.52 Å². The highest BCUT2D eigenvalue weighted by Gasteiger charge is 2.17. The Hall–Kier alpha value is -1.77. The first-order chi connectivity index (χ1) is 9.69. The van der Waals surface area contributed by atoms with Crippen molar-refractivity contribution >= 4 is 10.9 Å². The number of phenols is 1. The van der Waals surface area contributed by atoms with Crippen molar-refractivity contribution in [2.45, 2.75) is 52.4 Å². The van der Waals surface area contributed by atoms with Crippen molar-refractivity contribution in [1.82, 2.24) is 0 Å². The summed E-state index contributed by atoms with van der Waals surface area (Å²) >= 11 is 0. The molecular formula is C17H23NO2. The predicted molar refractivity (Wildman–Crippen MR) is 81.8 cm³/mol. The highest BCUT2D eigenvalue weighted by atomic mass is 16.5. The van der Waals surface area contributed by atoms with Crippen LogP contribution in [0.3, 0.4) is 0 Å². The summed E-state index contributed by atoms with van der Waals surface area (Å²) in [6.45, 7) is 4.29. The molecule has 1 aromatic carbocycles. The van der Waals surface area contributed by atoms with Gasteiger partial charge in [0.1, 0.15) is 0 Å². The SMILES string of the molecule is CCCCc1cc(CCCC)c2ccc[n+]([O-])c2c1O. The first-order valence-corrected chi connectivity index (χ1v) is 7.54. The van der Waals surface area contributed by atoms with Gasteiger partial charge >= 0.3 is 0 Å². The Morgan fingerprint density at radius 2 is 1.75 bits per heavy atom. The van der Waals surface area contributed by atoms with Crippen molar-refractivity contribution in [2.75, 3.05) is 0 Å². The van der Waals surface area contributed by atoms with Crippen LogP contribution >= 0.6 is 0 Å². The van der Waals surface area contributed by atoms with E-state index in [2.05, 4.69) is 19.9 Å². The van der Waals surface area contributed by atoms with E-state index in [1.54, 1.807) is 6.07 Å². The monoisotopic (exact) mass is 273 g/mol. The number of unbranched alkanes of at least 4 members (excludes halogenated alkanes) is 2. The number of rotatable bonds is 6. The van der Waals surface area contributed by atoms with Gasteiger partial charge in [0.2, 0.25) is 0 Å². The highest BCUT2D eigenvalue weighted by Crippen LogP contribution is 2.31. The summed E-state index contributed by atoms with van der Waals surface area (Å²) in [4.78, 5) is 0. The smallest absolute Gasteiger partial charge is 0.266 e. The molecule has 0 unspecified atom stereocenters. The average molecular weight is 273 g/mol. The summed E-state index contributed by atoms with van der Waals surface area (Å²) in [6, 6.07) is 5.76. The molecule has 0 fully saturated rings. The van der Waals surface area contributed by atoms with Crippen LogP contribution < -0.4 is 4.73 Å². The van der Waals surface area contributed by atoms with Gasteiger partial charge in [-0.15, -0.1) is 0 Å². The molecule has 0 amide bonds. The molecular weight excluding hydrogens is 250 g/mol. The number of aromatic hydroxyl groups is 1. The van der Waals surface area contributed by atoms with Crippen molar-refractivity contribution < 1.29 is 9.84 Å². The Kier molecular flexibility index (Phi) is 4.83. The first-order valence-electron chi connectivity index (χ1n) is 7.54. The maximum atomic E-state index is 12.0. The second-order valence-corrected chi connectivity index (χ2v) is 5.35. The topological polar surface area (TPSA) is 47.2 Å². The summed E-state index contributed by atoms with van der Waals surface area (Å²) in [5.41, 5.74) is 2.50. The zero-order valence-corrected chi connectivity index (χ0v) is 12.4. The minimum absolute atomic E-state index is 0.157. The number of fused-ring (bicyclic) bond motifs is 1. The number of nitrogens with zero attached hydrogens (tertiary/aromatic N) is 1. The van der Waals surface area contributed by atoms with E-state index < -0.39 is 0 Å². The second kappa shape index (κ2) is 6.60. The summed E-state index contributed by atoms with van der Waals surface area (Å²) < 4.78 is 0.787. The molecule has 0 atom stereocenters. The molecule has 1 aromatic heterocycles.